The number of hydrogen-bond acceptors (Lipinski definition) is 4. The highest BCUT2D eigenvalue weighted by atomic mass is 35.5. The van der Waals surface area contributed by atoms with Gasteiger partial charge in [-0.1, -0.05) is 25.4 Å². The highest BCUT2D eigenvalue weighted by Crippen LogP contribution is 2.28. The van der Waals surface area contributed by atoms with Crippen molar-refractivity contribution in [1.82, 2.24) is 10.6 Å². The van der Waals surface area contributed by atoms with Gasteiger partial charge < -0.3 is 15.4 Å². The molecule has 1 aromatic heterocycles. The van der Waals surface area contributed by atoms with Gasteiger partial charge in [0.1, 0.15) is 6.10 Å². The summed E-state index contributed by atoms with van der Waals surface area (Å²) in [6, 6.07) is 3.61. The smallest absolute Gasteiger partial charge is 0.309 e. The summed E-state index contributed by atoms with van der Waals surface area (Å²) in [5.74, 6) is -0.986. The molecule has 1 aromatic rings. The maximum atomic E-state index is 11.6. The summed E-state index contributed by atoms with van der Waals surface area (Å²) in [5.41, 5.74) is 0. The zero-order valence-electron chi connectivity index (χ0n) is 11.7. The Morgan fingerprint density at radius 1 is 1.25 bits per heavy atom. The lowest BCUT2D eigenvalue weighted by molar-refractivity contribution is -0.139. The predicted octanol–water partition coefficient (Wildman–Crippen LogP) is 1.98. The predicted molar refractivity (Wildman–Crippen MR) is 79.9 cm³/mol. The molecule has 20 heavy (non-hydrogen) atoms. The van der Waals surface area contributed by atoms with Gasteiger partial charge in [-0.05, 0) is 18.1 Å². The van der Waals surface area contributed by atoms with Crippen LogP contribution in [0.3, 0.4) is 0 Å². The van der Waals surface area contributed by atoms with Crippen molar-refractivity contribution < 1.29 is 14.3 Å². The number of halogens is 1. The maximum absolute atomic E-state index is 11.6. The molecule has 7 heteroatoms. The number of carbonyl (C=O) groups is 2. The van der Waals surface area contributed by atoms with E-state index >= 15 is 0 Å². The van der Waals surface area contributed by atoms with Crippen molar-refractivity contribution in [3.63, 3.8) is 0 Å². The van der Waals surface area contributed by atoms with E-state index < -0.39 is 11.8 Å². The molecule has 0 aliphatic carbocycles. The fourth-order valence-electron chi connectivity index (χ4n) is 1.44. The van der Waals surface area contributed by atoms with E-state index in [1.807, 2.05) is 19.9 Å². The van der Waals surface area contributed by atoms with Crippen molar-refractivity contribution in [3.8, 4) is 0 Å². The summed E-state index contributed by atoms with van der Waals surface area (Å²) >= 11 is 7.24. The maximum Gasteiger partial charge on any atom is 0.309 e. The van der Waals surface area contributed by atoms with Gasteiger partial charge in [0.05, 0.1) is 4.34 Å². The fraction of sp³-hybridized carbons (Fsp3) is 0.538. The summed E-state index contributed by atoms with van der Waals surface area (Å²) < 4.78 is 5.94. The minimum atomic E-state index is -0.657. The van der Waals surface area contributed by atoms with E-state index in [1.165, 1.54) is 11.3 Å². The number of rotatable bonds is 6. The first-order valence-electron chi connectivity index (χ1n) is 6.28. The van der Waals surface area contributed by atoms with Crippen LogP contribution in [0.15, 0.2) is 12.1 Å². The molecule has 0 bridgehead atoms. The fourth-order valence-corrected chi connectivity index (χ4v) is 2.58. The topological polar surface area (TPSA) is 67.4 Å². The number of ether oxygens (including phenoxy) is 1. The van der Waals surface area contributed by atoms with E-state index in [0.29, 0.717) is 16.8 Å². The van der Waals surface area contributed by atoms with E-state index in [4.69, 9.17) is 16.3 Å². The third-order valence-electron chi connectivity index (χ3n) is 2.52. The van der Waals surface area contributed by atoms with Gasteiger partial charge >= 0.3 is 11.8 Å². The lowest BCUT2D eigenvalue weighted by Gasteiger charge is -2.14. The van der Waals surface area contributed by atoms with Gasteiger partial charge in [0.25, 0.3) is 0 Å². The Labute approximate surface area is 127 Å². The van der Waals surface area contributed by atoms with Crippen LogP contribution >= 0.6 is 22.9 Å². The first kappa shape index (κ1) is 16.9. The summed E-state index contributed by atoms with van der Waals surface area (Å²) in [7, 11) is 1.54. The quantitative estimate of drug-likeness (QED) is 0.788. The monoisotopic (exact) mass is 318 g/mol. The van der Waals surface area contributed by atoms with Crippen LogP contribution in [0.2, 0.25) is 4.34 Å². The highest BCUT2D eigenvalue weighted by Gasteiger charge is 2.18. The number of thiophene rings is 1. The lowest BCUT2D eigenvalue weighted by Crippen LogP contribution is -2.42. The van der Waals surface area contributed by atoms with Crippen LogP contribution in [-0.4, -0.2) is 32.0 Å². The summed E-state index contributed by atoms with van der Waals surface area (Å²) in [4.78, 5) is 24.0. The molecule has 0 aliphatic rings. The van der Waals surface area contributed by atoms with E-state index in [0.717, 1.165) is 4.88 Å². The zero-order chi connectivity index (χ0) is 15.1. The van der Waals surface area contributed by atoms with Gasteiger partial charge in [-0.3, -0.25) is 9.59 Å². The second-order valence-electron chi connectivity index (χ2n) is 4.68. The molecular formula is C13H19ClN2O3S. The molecule has 2 amide bonds. The van der Waals surface area contributed by atoms with Crippen molar-refractivity contribution in [1.29, 1.82) is 0 Å². The third kappa shape index (κ3) is 5.48. The number of nitrogens with one attached hydrogen (secondary N) is 2. The standard InChI is InChI=1S/C13H19ClN2O3S/c1-8(2)6-15-12(17)13(18)16-7-9(19-3)10-4-5-11(14)20-10/h4-5,8-9H,6-7H2,1-3H3,(H,15,17)(H,16,18). The van der Waals surface area contributed by atoms with Crippen LogP contribution in [-0.2, 0) is 14.3 Å². The molecule has 112 valence electrons. The van der Waals surface area contributed by atoms with E-state index in [9.17, 15) is 9.59 Å². The van der Waals surface area contributed by atoms with Gasteiger partial charge in [-0.15, -0.1) is 11.3 Å². The third-order valence-corrected chi connectivity index (χ3v) is 3.84. The highest BCUT2D eigenvalue weighted by molar-refractivity contribution is 7.16. The minimum Gasteiger partial charge on any atom is -0.374 e. The zero-order valence-corrected chi connectivity index (χ0v) is 13.3. The average molecular weight is 319 g/mol. The number of hydrogen-bond donors (Lipinski definition) is 2. The first-order chi connectivity index (χ1) is 9.43. The van der Waals surface area contributed by atoms with Crippen LogP contribution in [0.4, 0.5) is 0 Å². The molecular weight excluding hydrogens is 300 g/mol. The van der Waals surface area contributed by atoms with Crippen LogP contribution in [0, 0.1) is 5.92 Å². The Bertz CT molecular complexity index is 462. The average Bonchev–Trinajstić information content (AvgIpc) is 2.83. The number of amides is 2. The van der Waals surface area contributed by atoms with Gasteiger partial charge in [-0.2, -0.15) is 0 Å². The largest absolute Gasteiger partial charge is 0.374 e. The van der Waals surface area contributed by atoms with Gasteiger partial charge in [0, 0.05) is 25.1 Å². The molecule has 1 rings (SSSR count). The van der Waals surface area contributed by atoms with Crippen LogP contribution in [0.1, 0.15) is 24.8 Å². The van der Waals surface area contributed by atoms with Crippen molar-refractivity contribution in [2.45, 2.75) is 20.0 Å². The summed E-state index contributed by atoms with van der Waals surface area (Å²) in [6.07, 6.45) is -0.311. The molecule has 1 heterocycles. The molecule has 0 saturated heterocycles. The molecule has 5 nitrogen and oxygen atoms in total. The summed E-state index contributed by atoms with van der Waals surface area (Å²) in [5, 5.41) is 5.11. The van der Waals surface area contributed by atoms with Crippen LogP contribution in [0.5, 0.6) is 0 Å². The Morgan fingerprint density at radius 3 is 2.30 bits per heavy atom. The lowest BCUT2D eigenvalue weighted by atomic mass is 10.2. The molecule has 2 N–H and O–H groups in total. The molecule has 0 aliphatic heterocycles. The van der Waals surface area contributed by atoms with Gasteiger partial charge in [0.15, 0.2) is 0 Å². The minimum absolute atomic E-state index is 0.223. The molecule has 1 unspecified atom stereocenters. The number of methoxy groups -OCH3 is 1. The second-order valence-corrected chi connectivity index (χ2v) is 6.43. The van der Waals surface area contributed by atoms with Crippen molar-refractivity contribution in [2.24, 2.45) is 5.92 Å². The first-order valence-corrected chi connectivity index (χ1v) is 7.47. The SMILES string of the molecule is COC(CNC(=O)C(=O)NCC(C)C)c1ccc(Cl)s1. The Kier molecular flexibility index (Phi) is 6.98. The Morgan fingerprint density at radius 2 is 1.85 bits per heavy atom. The van der Waals surface area contributed by atoms with E-state index in [1.54, 1.807) is 13.2 Å². The second kappa shape index (κ2) is 8.24. The Balaban J connectivity index is 2.44. The van der Waals surface area contributed by atoms with Crippen molar-refractivity contribution in [2.75, 3.05) is 20.2 Å². The molecule has 0 saturated carbocycles. The normalized spacial score (nSPS) is 12.2. The van der Waals surface area contributed by atoms with Crippen LogP contribution in [0.25, 0.3) is 0 Å². The van der Waals surface area contributed by atoms with Gasteiger partial charge in [-0.25, -0.2) is 0 Å². The van der Waals surface area contributed by atoms with E-state index in [2.05, 4.69) is 10.6 Å². The van der Waals surface area contributed by atoms with Gasteiger partial charge in [0.2, 0.25) is 0 Å². The molecule has 0 spiro atoms. The number of carbonyl (C=O) groups excluding carboxylic acids is 2. The molecule has 1 atom stereocenters. The molecule has 0 aromatic carbocycles. The van der Waals surface area contributed by atoms with Crippen molar-refractivity contribution >= 4 is 34.8 Å². The molecule has 0 fully saturated rings. The molecule has 0 radical (unpaired) electrons. The van der Waals surface area contributed by atoms with Crippen molar-refractivity contribution in [3.05, 3.63) is 21.3 Å². The van der Waals surface area contributed by atoms with Crippen LogP contribution < -0.4 is 10.6 Å². The van der Waals surface area contributed by atoms with E-state index in [-0.39, 0.29) is 12.6 Å². The summed E-state index contributed by atoms with van der Waals surface area (Å²) in [6.45, 7) is 4.61. The Hall–Kier alpha value is -1.11.